The van der Waals surface area contributed by atoms with E-state index in [0.717, 1.165) is 37.6 Å². The number of halogens is 3. The van der Waals surface area contributed by atoms with E-state index in [2.05, 4.69) is 34.1 Å². The van der Waals surface area contributed by atoms with E-state index < -0.39 is 0 Å². The zero-order valence-corrected chi connectivity index (χ0v) is 14.7. The normalized spacial score (nSPS) is 15.7. The third-order valence-electron chi connectivity index (χ3n) is 4.06. The van der Waals surface area contributed by atoms with Gasteiger partial charge in [-0.05, 0) is 36.2 Å². The molecule has 0 amide bonds. The second-order valence-electron chi connectivity index (χ2n) is 5.51. The van der Waals surface area contributed by atoms with Crippen molar-refractivity contribution in [3.63, 3.8) is 0 Å². The van der Waals surface area contributed by atoms with E-state index in [-0.39, 0.29) is 12.4 Å². The molecular formula is C17H16Cl3N3. The van der Waals surface area contributed by atoms with Gasteiger partial charge in [0.1, 0.15) is 0 Å². The van der Waals surface area contributed by atoms with Crippen molar-refractivity contribution in [2.75, 3.05) is 22.9 Å². The monoisotopic (exact) mass is 367 g/mol. The summed E-state index contributed by atoms with van der Waals surface area (Å²) in [5, 5.41) is 1.18. The van der Waals surface area contributed by atoms with Crippen molar-refractivity contribution in [3.8, 4) is 0 Å². The highest BCUT2D eigenvalue weighted by atomic mass is 35.5. The quantitative estimate of drug-likeness (QED) is 0.742. The molecule has 0 spiro atoms. The molecule has 0 bridgehead atoms. The predicted molar refractivity (Wildman–Crippen MR) is 101 cm³/mol. The number of hydrogen-bond acceptors (Lipinski definition) is 3. The summed E-state index contributed by atoms with van der Waals surface area (Å²) in [5.74, 6) is 1.04. The summed E-state index contributed by atoms with van der Waals surface area (Å²) in [6, 6.07) is 14.2. The van der Waals surface area contributed by atoms with Crippen LogP contribution in [-0.2, 0) is 6.54 Å². The summed E-state index contributed by atoms with van der Waals surface area (Å²) in [4.78, 5) is 9.29. The average molecular weight is 369 g/mol. The molecule has 0 N–H and O–H groups in total. The largest absolute Gasteiger partial charge is 0.310 e. The lowest BCUT2D eigenvalue weighted by Crippen LogP contribution is -2.41. The second-order valence-corrected chi connectivity index (χ2v) is 6.32. The van der Waals surface area contributed by atoms with Crippen LogP contribution < -0.4 is 9.80 Å². The maximum Gasteiger partial charge on any atom is 0.206 e. The lowest BCUT2D eigenvalue weighted by Gasteiger charge is -2.27. The standard InChI is InChI=1S/C17H15Cl2N3.ClH/c18-13-7-6-12(10-14(13)19)11-22-16-5-2-1-4-15(16)21-9-3-8-20-17(21)22;/h1-2,4-7,10H,3,8-9,11H2;1H. The van der Waals surface area contributed by atoms with Crippen molar-refractivity contribution >= 4 is 52.9 Å². The fourth-order valence-corrected chi connectivity index (χ4v) is 3.38. The molecule has 0 saturated carbocycles. The SMILES string of the molecule is Cl.Clc1ccc(CN2C3=NCCCN3c3ccccc32)cc1Cl. The third-order valence-corrected chi connectivity index (χ3v) is 4.80. The number of hydrogen-bond donors (Lipinski definition) is 0. The van der Waals surface area contributed by atoms with Crippen LogP contribution in [0.15, 0.2) is 47.5 Å². The van der Waals surface area contributed by atoms with Gasteiger partial charge in [-0.2, -0.15) is 0 Å². The van der Waals surface area contributed by atoms with Gasteiger partial charge in [0, 0.05) is 13.1 Å². The minimum Gasteiger partial charge on any atom is -0.310 e. The molecule has 3 nitrogen and oxygen atoms in total. The molecule has 2 aliphatic rings. The molecule has 0 atom stereocenters. The van der Waals surface area contributed by atoms with Crippen LogP contribution in [0.1, 0.15) is 12.0 Å². The first kappa shape index (κ1) is 16.4. The van der Waals surface area contributed by atoms with Gasteiger partial charge in [-0.15, -0.1) is 12.4 Å². The van der Waals surface area contributed by atoms with Crippen LogP contribution in [0.4, 0.5) is 11.4 Å². The zero-order chi connectivity index (χ0) is 15.1. The Morgan fingerprint density at radius 2 is 1.78 bits per heavy atom. The molecule has 2 aromatic rings. The maximum absolute atomic E-state index is 6.15. The number of anilines is 2. The van der Waals surface area contributed by atoms with Crippen molar-refractivity contribution in [1.29, 1.82) is 0 Å². The summed E-state index contributed by atoms with van der Waals surface area (Å²) in [6.07, 6.45) is 1.10. The molecule has 0 saturated heterocycles. The van der Waals surface area contributed by atoms with Gasteiger partial charge >= 0.3 is 0 Å². The number of benzene rings is 2. The van der Waals surface area contributed by atoms with E-state index in [9.17, 15) is 0 Å². The lowest BCUT2D eigenvalue weighted by atomic mass is 10.2. The topological polar surface area (TPSA) is 18.8 Å². The van der Waals surface area contributed by atoms with Crippen molar-refractivity contribution in [2.45, 2.75) is 13.0 Å². The summed E-state index contributed by atoms with van der Waals surface area (Å²) in [5.41, 5.74) is 3.56. The van der Waals surface area contributed by atoms with E-state index in [4.69, 9.17) is 28.2 Å². The van der Waals surface area contributed by atoms with Crippen LogP contribution >= 0.6 is 35.6 Å². The predicted octanol–water partition coefficient (Wildman–Crippen LogP) is 5.00. The maximum atomic E-state index is 6.15. The molecule has 2 heterocycles. The van der Waals surface area contributed by atoms with Gasteiger partial charge in [-0.25, -0.2) is 0 Å². The molecule has 2 aromatic carbocycles. The van der Waals surface area contributed by atoms with Crippen molar-refractivity contribution < 1.29 is 0 Å². The second kappa shape index (κ2) is 6.60. The number of rotatable bonds is 2. The molecule has 23 heavy (non-hydrogen) atoms. The molecule has 0 aliphatic carbocycles. The summed E-state index contributed by atoms with van der Waals surface area (Å²) >= 11 is 12.2. The molecule has 0 radical (unpaired) electrons. The molecule has 0 aromatic heterocycles. The van der Waals surface area contributed by atoms with Gasteiger partial charge in [0.2, 0.25) is 5.96 Å². The Hall–Kier alpha value is -1.42. The van der Waals surface area contributed by atoms with Gasteiger partial charge in [-0.3, -0.25) is 4.99 Å². The zero-order valence-electron chi connectivity index (χ0n) is 12.4. The van der Waals surface area contributed by atoms with Gasteiger partial charge in [0.25, 0.3) is 0 Å². The molecule has 4 rings (SSSR count). The van der Waals surface area contributed by atoms with Gasteiger partial charge in [-0.1, -0.05) is 41.4 Å². The smallest absolute Gasteiger partial charge is 0.206 e. The number of para-hydroxylation sites is 2. The highest BCUT2D eigenvalue weighted by Gasteiger charge is 2.33. The average Bonchev–Trinajstić information content (AvgIpc) is 2.86. The lowest BCUT2D eigenvalue weighted by molar-refractivity contribution is 0.784. The van der Waals surface area contributed by atoms with Crippen LogP contribution in [-0.4, -0.2) is 19.0 Å². The Labute approximate surface area is 151 Å². The fraction of sp³-hybridized carbons (Fsp3) is 0.235. The molecular weight excluding hydrogens is 353 g/mol. The molecule has 120 valence electrons. The summed E-state index contributed by atoms with van der Waals surface area (Å²) in [7, 11) is 0. The van der Waals surface area contributed by atoms with E-state index in [1.165, 1.54) is 11.4 Å². The molecule has 0 unspecified atom stereocenters. The number of guanidine groups is 1. The third kappa shape index (κ3) is 2.89. The Morgan fingerprint density at radius 1 is 1.00 bits per heavy atom. The first-order valence-electron chi connectivity index (χ1n) is 7.36. The van der Waals surface area contributed by atoms with Crippen molar-refractivity contribution in [2.24, 2.45) is 4.99 Å². The highest BCUT2D eigenvalue weighted by Crippen LogP contribution is 2.39. The number of fused-ring (bicyclic) bond motifs is 3. The highest BCUT2D eigenvalue weighted by molar-refractivity contribution is 6.42. The summed E-state index contributed by atoms with van der Waals surface area (Å²) < 4.78 is 0. The van der Waals surface area contributed by atoms with Gasteiger partial charge in [0.15, 0.2) is 0 Å². The van der Waals surface area contributed by atoms with Crippen LogP contribution in [0.2, 0.25) is 10.0 Å². The van der Waals surface area contributed by atoms with Crippen molar-refractivity contribution in [3.05, 3.63) is 58.1 Å². The first-order chi connectivity index (χ1) is 10.7. The minimum absolute atomic E-state index is 0. The minimum atomic E-state index is 0. The number of nitrogens with zero attached hydrogens (tertiary/aromatic N) is 3. The summed E-state index contributed by atoms with van der Waals surface area (Å²) in [6.45, 7) is 2.65. The number of aliphatic imine (C=N–C) groups is 1. The van der Waals surface area contributed by atoms with Crippen LogP contribution in [0.5, 0.6) is 0 Å². The van der Waals surface area contributed by atoms with Crippen molar-refractivity contribution in [1.82, 2.24) is 0 Å². The van der Waals surface area contributed by atoms with Crippen LogP contribution in [0.25, 0.3) is 0 Å². The van der Waals surface area contributed by atoms with Crippen LogP contribution in [0.3, 0.4) is 0 Å². The van der Waals surface area contributed by atoms with E-state index >= 15 is 0 Å². The van der Waals surface area contributed by atoms with E-state index in [1.54, 1.807) is 0 Å². The van der Waals surface area contributed by atoms with Gasteiger partial charge in [0.05, 0.1) is 28.0 Å². The fourth-order valence-electron chi connectivity index (χ4n) is 3.06. The van der Waals surface area contributed by atoms with E-state index in [0.29, 0.717) is 10.0 Å². The molecule has 6 heteroatoms. The Balaban J connectivity index is 0.00000156. The molecule has 0 fully saturated rings. The van der Waals surface area contributed by atoms with E-state index in [1.807, 2.05) is 18.2 Å². The Kier molecular flexibility index (Phi) is 4.72. The van der Waals surface area contributed by atoms with Gasteiger partial charge < -0.3 is 9.80 Å². The Morgan fingerprint density at radius 3 is 2.57 bits per heavy atom. The Bertz CT molecular complexity index is 760. The first-order valence-corrected chi connectivity index (χ1v) is 8.12. The van der Waals surface area contributed by atoms with Crippen LogP contribution in [0, 0.1) is 0 Å². The molecule has 2 aliphatic heterocycles.